The fraction of sp³-hybridized carbons (Fsp3) is 0.0204. The highest BCUT2D eigenvalue weighted by Gasteiger charge is 2.51. The maximum Gasteiger partial charge on any atom is 0.0725 e. The quantitative estimate of drug-likeness (QED) is 0.175. The molecule has 11 rings (SSSR count). The number of rotatable bonds is 3. The summed E-state index contributed by atoms with van der Waals surface area (Å²) in [5.41, 5.74) is 13.7. The lowest BCUT2D eigenvalue weighted by atomic mass is 9.70. The van der Waals surface area contributed by atoms with Crippen molar-refractivity contribution < 1.29 is 0 Å². The van der Waals surface area contributed by atoms with Gasteiger partial charge in [0.05, 0.1) is 5.41 Å². The van der Waals surface area contributed by atoms with Crippen LogP contribution in [0.1, 0.15) is 22.3 Å². The Morgan fingerprint density at radius 1 is 0.260 bits per heavy atom. The predicted molar refractivity (Wildman–Crippen MR) is 210 cm³/mol. The first-order valence-electron chi connectivity index (χ1n) is 17.4. The molecule has 0 saturated heterocycles. The molecule has 2 aliphatic carbocycles. The first-order chi connectivity index (χ1) is 24.8. The predicted octanol–water partition coefficient (Wildman–Crippen LogP) is 13.0. The van der Waals surface area contributed by atoms with Crippen LogP contribution in [-0.2, 0) is 5.41 Å². The van der Waals surface area contributed by atoms with Crippen LogP contribution in [0.25, 0.3) is 54.6 Å². The zero-order valence-corrected chi connectivity index (χ0v) is 27.3. The van der Waals surface area contributed by atoms with Crippen LogP contribution in [0.5, 0.6) is 0 Å². The van der Waals surface area contributed by atoms with Gasteiger partial charge < -0.3 is 4.90 Å². The van der Waals surface area contributed by atoms with E-state index in [1.54, 1.807) is 0 Å². The lowest BCUT2D eigenvalue weighted by Crippen LogP contribution is -2.26. The Morgan fingerprint density at radius 3 is 1.24 bits per heavy atom. The summed E-state index contributed by atoms with van der Waals surface area (Å²) in [6, 6.07) is 69.7. The van der Waals surface area contributed by atoms with Crippen LogP contribution in [0.15, 0.2) is 188 Å². The molecule has 0 amide bonds. The summed E-state index contributed by atoms with van der Waals surface area (Å²) in [5.74, 6) is 0. The van der Waals surface area contributed by atoms with Crippen LogP contribution >= 0.6 is 0 Å². The number of fused-ring (bicyclic) bond motifs is 16. The van der Waals surface area contributed by atoms with Gasteiger partial charge in [-0.3, -0.25) is 0 Å². The molecular formula is C49H31N. The van der Waals surface area contributed by atoms with E-state index in [9.17, 15) is 0 Å². The lowest BCUT2D eigenvalue weighted by molar-refractivity contribution is 0.795. The smallest absolute Gasteiger partial charge is 0.0725 e. The molecule has 1 atom stereocenters. The van der Waals surface area contributed by atoms with Gasteiger partial charge in [0.1, 0.15) is 0 Å². The fourth-order valence-corrected chi connectivity index (χ4v) is 9.27. The first kappa shape index (κ1) is 27.5. The summed E-state index contributed by atoms with van der Waals surface area (Å²) in [5, 5.41) is 7.85. The largest absolute Gasteiger partial charge is 0.310 e. The Morgan fingerprint density at radius 2 is 0.680 bits per heavy atom. The van der Waals surface area contributed by atoms with Crippen molar-refractivity contribution in [1.82, 2.24) is 0 Å². The van der Waals surface area contributed by atoms with E-state index in [1.165, 1.54) is 76.8 Å². The summed E-state index contributed by atoms with van der Waals surface area (Å²) >= 11 is 0. The molecule has 0 N–H and O–H groups in total. The highest BCUT2D eigenvalue weighted by Crippen LogP contribution is 2.64. The summed E-state index contributed by atoms with van der Waals surface area (Å²) in [4.78, 5) is 2.37. The van der Waals surface area contributed by atoms with E-state index >= 15 is 0 Å². The maximum absolute atomic E-state index is 2.54. The molecule has 232 valence electrons. The Labute approximate surface area is 291 Å². The van der Waals surface area contributed by atoms with Crippen LogP contribution < -0.4 is 4.90 Å². The molecule has 1 nitrogen and oxygen atoms in total. The maximum atomic E-state index is 2.54. The van der Waals surface area contributed by atoms with Gasteiger partial charge >= 0.3 is 0 Å². The van der Waals surface area contributed by atoms with Crippen LogP contribution in [-0.4, -0.2) is 0 Å². The van der Waals surface area contributed by atoms with Crippen molar-refractivity contribution in [3.05, 3.63) is 210 Å². The third-order valence-corrected chi connectivity index (χ3v) is 11.2. The second-order valence-corrected chi connectivity index (χ2v) is 13.6. The molecule has 0 heterocycles. The zero-order valence-electron chi connectivity index (χ0n) is 27.3. The number of hydrogen-bond donors (Lipinski definition) is 0. The number of nitrogens with zero attached hydrogens (tertiary/aromatic N) is 1. The van der Waals surface area contributed by atoms with Crippen molar-refractivity contribution in [1.29, 1.82) is 0 Å². The molecule has 2 aliphatic rings. The second kappa shape index (κ2) is 10.3. The molecule has 1 unspecified atom stereocenters. The molecule has 1 heteroatoms. The normalized spacial score (nSPS) is 15.3. The van der Waals surface area contributed by atoms with Gasteiger partial charge in [0.15, 0.2) is 0 Å². The number of para-hydroxylation sites is 2. The van der Waals surface area contributed by atoms with E-state index < -0.39 is 5.41 Å². The Hall–Kier alpha value is -6.44. The average molecular weight is 634 g/mol. The van der Waals surface area contributed by atoms with Gasteiger partial charge in [-0.2, -0.15) is 0 Å². The summed E-state index contributed by atoms with van der Waals surface area (Å²) < 4.78 is 0. The van der Waals surface area contributed by atoms with Crippen molar-refractivity contribution >= 4 is 49.4 Å². The highest BCUT2D eigenvalue weighted by molar-refractivity contribution is 6.26. The lowest BCUT2D eigenvalue weighted by Gasteiger charge is -2.31. The number of benzene rings is 9. The number of hydrogen-bond acceptors (Lipinski definition) is 1. The van der Waals surface area contributed by atoms with E-state index in [1.807, 2.05) is 0 Å². The van der Waals surface area contributed by atoms with Gasteiger partial charge in [0.25, 0.3) is 0 Å². The summed E-state index contributed by atoms with van der Waals surface area (Å²) in [6.07, 6.45) is 0. The van der Waals surface area contributed by atoms with Crippen LogP contribution in [0.4, 0.5) is 17.1 Å². The van der Waals surface area contributed by atoms with Crippen LogP contribution in [0.2, 0.25) is 0 Å². The van der Waals surface area contributed by atoms with Gasteiger partial charge in [0.2, 0.25) is 0 Å². The van der Waals surface area contributed by atoms with Crippen molar-refractivity contribution in [2.75, 3.05) is 4.90 Å². The monoisotopic (exact) mass is 633 g/mol. The van der Waals surface area contributed by atoms with E-state index in [0.717, 1.165) is 17.1 Å². The van der Waals surface area contributed by atoms with Gasteiger partial charge in [-0.1, -0.05) is 140 Å². The van der Waals surface area contributed by atoms with Gasteiger partial charge in [-0.05, 0) is 125 Å². The minimum atomic E-state index is -0.429. The molecule has 1 spiro atoms. The molecule has 0 saturated carbocycles. The Balaban J connectivity index is 1.24. The molecule has 9 aromatic carbocycles. The Bertz CT molecular complexity index is 2780. The van der Waals surface area contributed by atoms with E-state index in [0.29, 0.717) is 0 Å². The topological polar surface area (TPSA) is 3.24 Å². The standard InChI is InChI=1S/C49H31N/c1-3-15-32(16-4-1)50(33-17-5-2-6-18-33)34-27-28-47-43(29-34)39-23-11-13-25-45(39)49(47)46-26-14-12-24-40(46)44-30-41-37-21-9-7-19-35(37)36-20-8-10-22-38(36)42(41)31-48(44)49/h1-31H. The molecule has 0 aliphatic heterocycles. The van der Waals surface area contributed by atoms with E-state index in [4.69, 9.17) is 0 Å². The van der Waals surface area contributed by atoms with E-state index in [-0.39, 0.29) is 0 Å². The van der Waals surface area contributed by atoms with E-state index in [2.05, 4.69) is 193 Å². The van der Waals surface area contributed by atoms with Crippen molar-refractivity contribution in [3.63, 3.8) is 0 Å². The molecular weight excluding hydrogens is 603 g/mol. The van der Waals surface area contributed by atoms with Crippen molar-refractivity contribution in [3.8, 4) is 22.3 Å². The van der Waals surface area contributed by atoms with Crippen molar-refractivity contribution in [2.24, 2.45) is 0 Å². The third-order valence-electron chi connectivity index (χ3n) is 11.2. The minimum absolute atomic E-state index is 0.429. The van der Waals surface area contributed by atoms with Gasteiger partial charge in [-0.15, -0.1) is 0 Å². The minimum Gasteiger partial charge on any atom is -0.310 e. The second-order valence-electron chi connectivity index (χ2n) is 13.6. The molecule has 50 heavy (non-hydrogen) atoms. The van der Waals surface area contributed by atoms with Gasteiger partial charge in [0, 0.05) is 17.1 Å². The Kier molecular flexibility index (Phi) is 5.66. The molecule has 9 aromatic rings. The van der Waals surface area contributed by atoms with Gasteiger partial charge in [-0.25, -0.2) is 0 Å². The highest BCUT2D eigenvalue weighted by atomic mass is 15.1. The first-order valence-corrected chi connectivity index (χ1v) is 17.4. The molecule has 0 radical (unpaired) electrons. The molecule has 0 aromatic heterocycles. The van der Waals surface area contributed by atoms with Crippen LogP contribution in [0.3, 0.4) is 0 Å². The van der Waals surface area contributed by atoms with Crippen molar-refractivity contribution in [2.45, 2.75) is 5.41 Å². The third kappa shape index (κ3) is 3.56. The zero-order chi connectivity index (χ0) is 32.8. The number of anilines is 3. The molecule has 0 fully saturated rings. The van der Waals surface area contributed by atoms with Crippen LogP contribution in [0, 0.1) is 0 Å². The SMILES string of the molecule is c1ccc(N(c2ccccc2)c2ccc3c(c2)-c2ccccc2C32c3ccccc3-c3cc4c5ccccc5c5ccccc5c4cc32)cc1. The average Bonchev–Trinajstić information content (AvgIpc) is 3.65. The fourth-order valence-electron chi connectivity index (χ4n) is 9.27. The summed E-state index contributed by atoms with van der Waals surface area (Å²) in [6.45, 7) is 0. The molecule has 0 bridgehead atoms. The summed E-state index contributed by atoms with van der Waals surface area (Å²) in [7, 11) is 0.